The third-order valence-electron chi connectivity index (χ3n) is 6.09. The van der Waals surface area contributed by atoms with Gasteiger partial charge in [0.2, 0.25) is 5.91 Å². The van der Waals surface area contributed by atoms with Crippen molar-refractivity contribution >= 4 is 18.3 Å². The number of carbonyl (C=O) groups excluding carboxylic acids is 1. The first-order valence-electron chi connectivity index (χ1n) is 9.88. The molecule has 2 aliphatic rings. The molecule has 1 amide bonds. The lowest BCUT2D eigenvalue weighted by Crippen LogP contribution is -2.31. The highest BCUT2D eigenvalue weighted by Gasteiger charge is 2.35. The normalized spacial score (nSPS) is 21.4. The van der Waals surface area contributed by atoms with Crippen molar-refractivity contribution in [3.05, 3.63) is 70.8 Å². The summed E-state index contributed by atoms with van der Waals surface area (Å²) in [5, 5.41) is 0. The molecule has 1 fully saturated rings. The highest BCUT2D eigenvalue weighted by molar-refractivity contribution is 5.85. The summed E-state index contributed by atoms with van der Waals surface area (Å²) < 4.78 is 0. The van der Waals surface area contributed by atoms with Crippen molar-refractivity contribution < 1.29 is 4.79 Å². The van der Waals surface area contributed by atoms with Crippen molar-refractivity contribution in [2.45, 2.75) is 38.0 Å². The minimum absolute atomic E-state index is 0. The summed E-state index contributed by atoms with van der Waals surface area (Å²) in [5.74, 6) is 0.941. The Hall–Kier alpha value is -1.84. The number of nitrogens with two attached hydrogens (primary N) is 1. The predicted octanol–water partition coefficient (Wildman–Crippen LogP) is 3.73. The van der Waals surface area contributed by atoms with Gasteiger partial charge in [-0.2, -0.15) is 0 Å². The van der Waals surface area contributed by atoms with Crippen LogP contribution in [0.15, 0.2) is 48.5 Å². The summed E-state index contributed by atoms with van der Waals surface area (Å²) in [6, 6.07) is 17.1. The second-order valence-corrected chi connectivity index (χ2v) is 7.80. The lowest BCUT2D eigenvalue weighted by atomic mass is 9.89. The van der Waals surface area contributed by atoms with E-state index in [1.165, 1.54) is 36.0 Å². The Labute approximate surface area is 168 Å². The Kier molecular flexibility index (Phi) is 6.56. The topological polar surface area (TPSA) is 46.3 Å². The molecule has 2 aromatic rings. The van der Waals surface area contributed by atoms with Crippen molar-refractivity contribution in [3.63, 3.8) is 0 Å². The maximum atomic E-state index is 12.9. The number of aryl methyl sites for hydroxylation is 2. The predicted molar refractivity (Wildman–Crippen MR) is 112 cm³/mol. The number of rotatable bonds is 4. The highest BCUT2D eigenvalue weighted by atomic mass is 35.5. The van der Waals surface area contributed by atoms with Crippen LogP contribution in [0.3, 0.4) is 0 Å². The maximum absolute atomic E-state index is 12.9. The summed E-state index contributed by atoms with van der Waals surface area (Å²) in [5.41, 5.74) is 11.4. The smallest absolute Gasteiger partial charge is 0.227 e. The molecule has 1 heterocycles. The van der Waals surface area contributed by atoms with Crippen molar-refractivity contribution in [3.8, 4) is 0 Å². The minimum atomic E-state index is 0. The fraction of sp³-hybridized carbons (Fsp3) is 0.435. The zero-order chi connectivity index (χ0) is 17.9. The maximum Gasteiger partial charge on any atom is 0.227 e. The lowest BCUT2D eigenvalue weighted by molar-refractivity contribution is -0.129. The number of halogens is 1. The number of nitrogens with zero attached hydrogens (tertiary/aromatic N) is 1. The van der Waals surface area contributed by atoms with E-state index in [1.54, 1.807) is 0 Å². The first-order valence-corrected chi connectivity index (χ1v) is 9.88. The quantitative estimate of drug-likeness (QED) is 0.872. The third-order valence-corrected chi connectivity index (χ3v) is 6.09. The second kappa shape index (κ2) is 8.90. The first-order chi connectivity index (χ1) is 12.7. The van der Waals surface area contributed by atoms with Gasteiger partial charge in [-0.15, -0.1) is 12.4 Å². The summed E-state index contributed by atoms with van der Waals surface area (Å²) in [7, 11) is 0. The van der Waals surface area contributed by atoms with Crippen molar-refractivity contribution in [1.82, 2.24) is 4.90 Å². The molecule has 0 radical (unpaired) electrons. The molecule has 1 saturated heterocycles. The van der Waals surface area contributed by atoms with Crippen molar-refractivity contribution in [1.29, 1.82) is 0 Å². The van der Waals surface area contributed by atoms with Crippen LogP contribution in [-0.2, 0) is 24.1 Å². The molecule has 144 valence electrons. The number of hydrogen-bond donors (Lipinski definition) is 1. The Morgan fingerprint density at radius 1 is 1.00 bits per heavy atom. The summed E-state index contributed by atoms with van der Waals surface area (Å²) in [6.07, 6.45) is 5.42. The van der Waals surface area contributed by atoms with Gasteiger partial charge in [0, 0.05) is 19.0 Å². The zero-order valence-corrected chi connectivity index (χ0v) is 16.6. The van der Waals surface area contributed by atoms with Gasteiger partial charge in [0.1, 0.15) is 0 Å². The van der Waals surface area contributed by atoms with Crippen LogP contribution in [0.2, 0.25) is 0 Å². The third kappa shape index (κ3) is 4.36. The second-order valence-electron chi connectivity index (χ2n) is 7.80. The zero-order valence-electron chi connectivity index (χ0n) is 15.8. The molecule has 2 N–H and O–H groups in total. The number of likely N-dealkylation sites (tertiary alicyclic amines) is 1. The van der Waals surface area contributed by atoms with Gasteiger partial charge in [-0.3, -0.25) is 4.79 Å². The van der Waals surface area contributed by atoms with E-state index in [4.69, 9.17) is 5.73 Å². The summed E-state index contributed by atoms with van der Waals surface area (Å²) >= 11 is 0. The van der Waals surface area contributed by atoms with Crippen LogP contribution in [0, 0.1) is 5.92 Å². The fourth-order valence-corrected chi connectivity index (χ4v) is 4.57. The van der Waals surface area contributed by atoms with E-state index in [2.05, 4.69) is 42.5 Å². The van der Waals surface area contributed by atoms with Gasteiger partial charge in [-0.1, -0.05) is 48.5 Å². The van der Waals surface area contributed by atoms with Gasteiger partial charge >= 0.3 is 0 Å². The minimum Gasteiger partial charge on any atom is -0.341 e. The Bertz CT molecular complexity index is 777. The molecule has 1 aliphatic heterocycles. The van der Waals surface area contributed by atoms with Gasteiger partial charge in [0.05, 0.1) is 6.42 Å². The number of fused-ring (bicyclic) bond motifs is 1. The molecule has 0 saturated carbocycles. The van der Waals surface area contributed by atoms with Crippen LogP contribution >= 0.6 is 12.4 Å². The average Bonchev–Trinajstić information content (AvgIpc) is 3.13. The number of amides is 1. The van der Waals surface area contributed by atoms with Crippen LogP contribution in [0.25, 0.3) is 0 Å². The van der Waals surface area contributed by atoms with E-state index in [1.807, 2.05) is 11.0 Å². The molecular weight excluding hydrogens is 356 g/mol. The van der Waals surface area contributed by atoms with Crippen LogP contribution in [-0.4, -0.2) is 30.4 Å². The van der Waals surface area contributed by atoms with Gasteiger partial charge in [0.25, 0.3) is 0 Å². The van der Waals surface area contributed by atoms with E-state index in [0.29, 0.717) is 24.8 Å². The first kappa shape index (κ1) is 19.9. The number of carbonyl (C=O) groups is 1. The van der Waals surface area contributed by atoms with Crippen LogP contribution < -0.4 is 5.73 Å². The van der Waals surface area contributed by atoms with E-state index in [-0.39, 0.29) is 18.3 Å². The van der Waals surface area contributed by atoms with Gasteiger partial charge in [-0.25, -0.2) is 0 Å². The van der Waals surface area contributed by atoms with E-state index in [0.717, 1.165) is 25.1 Å². The van der Waals surface area contributed by atoms with E-state index in [9.17, 15) is 4.79 Å². The van der Waals surface area contributed by atoms with E-state index >= 15 is 0 Å². The molecular formula is C23H29ClN2O. The molecule has 4 rings (SSSR count). The van der Waals surface area contributed by atoms with Crippen LogP contribution in [0.4, 0.5) is 0 Å². The standard InChI is InChI=1S/C23H28N2O.ClH/c24-14-21-15-25(16-22(21)19-7-2-1-3-8-19)23(26)13-17-10-11-18-6-4-5-9-20(18)12-17;/h1-3,7-8,10-12,21-22H,4-6,9,13-16,24H2;1H/t21-,22+;/m1./s1. The van der Waals surface area contributed by atoms with Crippen molar-refractivity contribution in [2.24, 2.45) is 11.7 Å². The van der Waals surface area contributed by atoms with Crippen molar-refractivity contribution in [2.75, 3.05) is 19.6 Å². The Morgan fingerprint density at radius 3 is 2.48 bits per heavy atom. The molecule has 0 spiro atoms. The Morgan fingerprint density at radius 2 is 1.74 bits per heavy atom. The molecule has 0 aromatic heterocycles. The SMILES string of the molecule is Cl.NC[C@@H]1CN(C(=O)Cc2ccc3c(c2)CCCC3)C[C@H]1c1ccccc1. The van der Waals surface area contributed by atoms with Crippen LogP contribution in [0.1, 0.15) is 41.0 Å². The molecule has 1 aliphatic carbocycles. The lowest BCUT2D eigenvalue weighted by Gasteiger charge is -2.19. The molecule has 3 nitrogen and oxygen atoms in total. The fourth-order valence-electron chi connectivity index (χ4n) is 4.57. The average molecular weight is 385 g/mol. The molecule has 27 heavy (non-hydrogen) atoms. The summed E-state index contributed by atoms with van der Waals surface area (Å²) in [4.78, 5) is 14.9. The van der Waals surface area contributed by atoms with E-state index < -0.39 is 0 Å². The van der Waals surface area contributed by atoms with Gasteiger partial charge < -0.3 is 10.6 Å². The Balaban J connectivity index is 0.00000210. The number of hydrogen-bond acceptors (Lipinski definition) is 2. The highest BCUT2D eigenvalue weighted by Crippen LogP contribution is 2.32. The number of benzene rings is 2. The molecule has 2 aromatic carbocycles. The molecule has 0 bridgehead atoms. The molecule has 0 unspecified atom stereocenters. The molecule has 2 atom stereocenters. The monoisotopic (exact) mass is 384 g/mol. The largest absolute Gasteiger partial charge is 0.341 e. The van der Waals surface area contributed by atoms with Gasteiger partial charge in [-0.05, 0) is 60.4 Å². The van der Waals surface area contributed by atoms with Crippen LogP contribution in [0.5, 0.6) is 0 Å². The molecule has 4 heteroatoms. The van der Waals surface area contributed by atoms with Gasteiger partial charge in [0.15, 0.2) is 0 Å². The summed E-state index contributed by atoms with van der Waals surface area (Å²) in [6.45, 7) is 2.19.